The molecule has 2 unspecified atom stereocenters. The first kappa shape index (κ1) is 15.8. The maximum absolute atomic E-state index is 12.9. The number of carbonyl (C=O) groups is 1. The van der Waals surface area contributed by atoms with Gasteiger partial charge >= 0.3 is 0 Å². The van der Waals surface area contributed by atoms with Crippen LogP contribution in [0.5, 0.6) is 0 Å². The second kappa shape index (κ2) is 5.66. The lowest BCUT2D eigenvalue weighted by Crippen LogP contribution is -2.64. The Kier molecular flexibility index (Phi) is 3.32. The summed E-state index contributed by atoms with van der Waals surface area (Å²) >= 11 is 1.73. The average Bonchev–Trinajstić information content (AvgIpc) is 3.21. The van der Waals surface area contributed by atoms with Crippen LogP contribution in [0.3, 0.4) is 0 Å². The summed E-state index contributed by atoms with van der Waals surface area (Å²) in [5.74, 6) is 0.634. The van der Waals surface area contributed by atoms with Gasteiger partial charge in [-0.3, -0.25) is 15.1 Å². The van der Waals surface area contributed by atoms with Crippen molar-refractivity contribution in [1.29, 1.82) is 0 Å². The number of anilines is 1. The highest BCUT2D eigenvalue weighted by Gasteiger charge is 2.63. The molecule has 2 saturated heterocycles. The number of rotatable bonds is 3. The molecule has 1 spiro atoms. The van der Waals surface area contributed by atoms with Gasteiger partial charge in [-0.05, 0) is 59.9 Å². The topological polar surface area (TPSA) is 56.7 Å². The quantitative estimate of drug-likeness (QED) is 0.863. The van der Waals surface area contributed by atoms with Crippen molar-refractivity contribution in [3.63, 3.8) is 0 Å². The van der Waals surface area contributed by atoms with Gasteiger partial charge in [0.2, 0.25) is 0 Å². The minimum absolute atomic E-state index is 0.00998. The fourth-order valence-corrected chi connectivity index (χ4v) is 6.16. The Morgan fingerprint density at radius 1 is 1.33 bits per heavy atom. The summed E-state index contributed by atoms with van der Waals surface area (Å²) in [6, 6.07) is 10.8. The fourth-order valence-electron chi connectivity index (χ4n) is 5.44. The zero-order chi connectivity index (χ0) is 18.0. The molecule has 3 atom stereocenters. The van der Waals surface area contributed by atoms with Gasteiger partial charge in [0.25, 0.3) is 5.91 Å². The standard InChI is InChI=1S/C21H22N4OS/c26-20(22-18-12-25-8-7-21(25)6-5-15(18)21)17-11-14-10-13(19-2-1-9-27-19)3-4-16(14)23-24-17/h1-4,9-10,15,18,23H,5-8,11-12H2,(H,22,26)/t15?,18-,21?/m1/s1. The van der Waals surface area contributed by atoms with Gasteiger partial charge in [-0.2, -0.15) is 5.10 Å². The second-order valence-electron chi connectivity index (χ2n) is 8.22. The molecule has 2 aromatic rings. The molecule has 0 bridgehead atoms. The van der Waals surface area contributed by atoms with Crippen LogP contribution in [0.4, 0.5) is 5.69 Å². The predicted molar refractivity (Wildman–Crippen MR) is 108 cm³/mol. The molecule has 5 nitrogen and oxygen atoms in total. The van der Waals surface area contributed by atoms with Gasteiger partial charge in [0.05, 0.1) is 5.69 Å². The Bertz CT molecular complexity index is 949. The highest BCUT2D eigenvalue weighted by molar-refractivity contribution is 7.13. The van der Waals surface area contributed by atoms with E-state index in [1.807, 2.05) is 0 Å². The first-order valence-electron chi connectivity index (χ1n) is 9.78. The van der Waals surface area contributed by atoms with Crippen LogP contribution in [0.2, 0.25) is 0 Å². The Labute approximate surface area is 162 Å². The highest BCUT2D eigenvalue weighted by atomic mass is 32.1. The minimum atomic E-state index is -0.00998. The van der Waals surface area contributed by atoms with E-state index in [9.17, 15) is 4.79 Å². The van der Waals surface area contributed by atoms with Gasteiger partial charge in [-0.25, -0.2) is 0 Å². The lowest BCUT2D eigenvalue weighted by atomic mass is 9.61. The molecule has 0 radical (unpaired) electrons. The lowest BCUT2D eigenvalue weighted by Gasteiger charge is -2.58. The lowest BCUT2D eigenvalue weighted by molar-refractivity contribution is -0.116. The molecule has 3 fully saturated rings. The van der Waals surface area contributed by atoms with Crippen LogP contribution < -0.4 is 10.7 Å². The summed E-state index contributed by atoms with van der Waals surface area (Å²) in [6.45, 7) is 2.21. The van der Waals surface area contributed by atoms with Crippen LogP contribution in [0, 0.1) is 5.92 Å². The van der Waals surface area contributed by atoms with E-state index in [2.05, 4.69) is 56.5 Å². The molecule has 1 amide bonds. The van der Waals surface area contributed by atoms with E-state index in [-0.39, 0.29) is 11.9 Å². The van der Waals surface area contributed by atoms with E-state index in [1.165, 1.54) is 36.2 Å². The molecule has 27 heavy (non-hydrogen) atoms. The summed E-state index contributed by atoms with van der Waals surface area (Å²) in [5.41, 5.74) is 7.43. The number of thiophene rings is 1. The van der Waals surface area contributed by atoms with Crippen LogP contribution in [-0.2, 0) is 11.2 Å². The fraction of sp³-hybridized carbons (Fsp3) is 0.429. The van der Waals surface area contributed by atoms with Crippen molar-refractivity contribution in [1.82, 2.24) is 10.2 Å². The largest absolute Gasteiger partial charge is 0.347 e. The summed E-state index contributed by atoms with van der Waals surface area (Å²) in [5, 5.41) is 9.75. The number of hydrazone groups is 1. The number of nitrogens with zero attached hydrogens (tertiary/aromatic N) is 2. The number of nitrogens with one attached hydrogen (secondary N) is 2. The van der Waals surface area contributed by atoms with Gasteiger partial charge in [0.15, 0.2) is 0 Å². The Balaban J connectivity index is 1.18. The van der Waals surface area contributed by atoms with E-state index in [0.29, 0.717) is 23.6 Å². The SMILES string of the molecule is O=C(N[C@@H]1CN2CCC23CCC13)C1=NNc2ccc(-c3cccs3)cc2C1. The third kappa shape index (κ3) is 2.26. The molecular formula is C21H22N4OS. The normalized spacial score (nSPS) is 30.7. The third-order valence-electron chi connectivity index (χ3n) is 7.08. The molecule has 2 N–H and O–H groups in total. The number of fused-ring (bicyclic) bond motifs is 1. The molecule has 6 heteroatoms. The molecule has 3 aliphatic heterocycles. The van der Waals surface area contributed by atoms with Crippen molar-refractivity contribution in [2.45, 2.75) is 37.3 Å². The zero-order valence-corrected chi connectivity index (χ0v) is 15.9. The Morgan fingerprint density at radius 2 is 2.30 bits per heavy atom. The molecule has 1 aliphatic carbocycles. The number of benzene rings is 1. The Hall–Kier alpha value is -2.18. The predicted octanol–water partition coefficient (Wildman–Crippen LogP) is 3.09. The number of amides is 1. The smallest absolute Gasteiger partial charge is 0.268 e. The molecular weight excluding hydrogens is 356 g/mol. The van der Waals surface area contributed by atoms with Gasteiger partial charge in [0, 0.05) is 36.0 Å². The molecule has 6 rings (SSSR count). The molecule has 1 saturated carbocycles. The monoisotopic (exact) mass is 378 g/mol. The molecule has 1 aromatic heterocycles. The van der Waals surface area contributed by atoms with Crippen LogP contribution in [0.25, 0.3) is 10.4 Å². The molecule has 138 valence electrons. The van der Waals surface area contributed by atoms with Crippen LogP contribution in [0.1, 0.15) is 24.8 Å². The van der Waals surface area contributed by atoms with Crippen molar-refractivity contribution in [3.8, 4) is 10.4 Å². The maximum atomic E-state index is 12.9. The van der Waals surface area contributed by atoms with Gasteiger partial charge in [0.1, 0.15) is 5.71 Å². The van der Waals surface area contributed by atoms with E-state index >= 15 is 0 Å². The minimum Gasteiger partial charge on any atom is -0.347 e. The van der Waals surface area contributed by atoms with Crippen molar-refractivity contribution in [3.05, 3.63) is 41.3 Å². The molecule has 4 aliphatic rings. The van der Waals surface area contributed by atoms with E-state index in [0.717, 1.165) is 17.8 Å². The maximum Gasteiger partial charge on any atom is 0.268 e. The van der Waals surface area contributed by atoms with Crippen LogP contribution in [0.15, 0.2) is 40.8 Å². The zero-order valence-electron chi connectivity index (χ0n) is 15.1. The number of carbonyl (C=O) groups excluding carboxylic acids is 1. The van der Waals surface area contributed by atoms with Crippen molar-refractivity contribution in [2.75, 3.05) is 18.5 Å². The first-order valence-corrected chi connectivity index (χ1v) is 10.7. The van der Waals surface area contributed by atoms with Crippen LogP contribution >= 0.6 is 11.3 Å². The second-order valence-corrected chi connectivity index (χ2v) is 9.17. The van der Waals surface area contributed by atoms with E-state index in [1.54, 1.807) is 11.3 Å². The van der Waals surface area contributed by atoms with Gasteiger partial charge < -0.3 is 5.32 Å². The molecule has 4 heterocycles. The van der Waals surface area contributed by atoms with Gasteiger partial charge in [-0.1, -0.05) is 12.1 Å². The number of hydrogen-bond acceptors (Lipinski definition) is 5. The average molecular weight is 379 g/mol. The van der Waals surface area contributed by atoms with E-state index < -0.39 is 0 Å². The Morgan fingerprint density at radius 3 is 3.00 bits per heavy atom. The first-order chi connectivity index (χ1) is 13.2. The molecule has 1 aromatic carbocycles. The van der Waals surface area contributed by atoms with Crippen molar-refractivity contribution >= 4 is 28.6 Å². The third-order valence-corrected chi connectivity index (χ3v) is 8.00. The summed E-state index contributed by atoms with van der Waals surface area (Å²) in [4.78, 5) is 16.7. The summed E-state index contributed by atoms with van der Waals surface area (Å²) in [7, 11) is 0. The van der Waals surface area contributed by atoms with Crippen molar-refractivity contribution < 1.29 is 4.79 Å². The summed E-state index contributed by atoms with van der Waals surface area (Å²) < 4.78 is 0. The van der Waals surface area contributed by atoms with E-state index in [4.69, 9.17) is 0 Å². The highest BCUT2D eigenvalue weighted by Crippen LogP contribution is 2.57. The van der Waals surface area contributed by atoms with Gasteiger partial charge in [-0.15, -0.1) is 11.3 Å². The summed E-state index contributed by atoms with van der Waals surface area (Å²) in [6.07, 6.45) is 4.45. The van der Waals surface area contributed by atoms with Crippen LogP contribution in [-0.4, -0.2) is 41.2 Å². The number of hydrogen-bond donors (Lipinski definition) is 2. The van der Waals surface area contributed by atoms with Crippen molar-refractivity contribution in [2.24, 2.45) is 11.0 Å².